The van der Waals surface area contributed by atoms with Crippen LogP contribution in [-0.4, -0.2) is 24.4 Å². The summed E-state index contributed by atoms with van der Waals surface area (Å²) in [6, 6.07) is 5.83. The number of allylic oxidation sites excluding steroid dienone is 1. The Hall–Kier alpha value is -1.48. The molecular formula is C14H20N2O. The van der Waals surface area contributed by atoms with Crippen LogP contribution < -0.4 is 0 Å². The molecule has 0 saturated heterocycles. The van der Waals surface area contributed by atoms with Crippen molar-refractivity contribution in [3.05, 3.63) is 42.2 Å². The molecule has 1 aromatic heterocycles. The lowest BCUT2D eigenvalue weighted by Crippen LogP contribution is -2.15. The lowest BCUT2D eigenvalue weighted by atomic mass is 10.1. The van der Waals surface area contributed by atoms with Gasteiger partial charge in [-0.2, -0.15) is 0 Å². The van der Waals surface area contributed by atoms with Gasteiger partial charge in [-0.3, -0.25) is 9.98 Å². The van der Waals surface area contributed by atoms with E-state index in [0.29, 0.717) is 6.61 Å². The van der Waals surface area contributed by atoms with Crippen molar-refractivity contribution in [1.82, 2.24) is 4.98 Å². The van der Waals surface area contributed by atoms with Crippen molar-refractivity contribution in [3.63, 3.8) is 0 Å². The Morgan fingerprint density at radius 3 is 2.82 bits per heavy atom. The lowest BCUT2D eigenvalue weighted by Gasteiger charge is -2.16. The molecule has 1 unspecified atom stereocenters. The van der Waals surface area contributed by atoms with Crippen molar-refractivity contribution in [1.29, 1.82) is 0 Å². The minimum atomic E-state index is -0.172. The molecule has 92 valence electrons. The fourth-order valence-corrected chi connectivity index (χ4v) is 1.54. The molecule has 0 aromatic carbocycles. The fraction of sp³-hybridized carbons (Fsp3) is 0.429. The zero-order chi connectivity index (χ0) is 12.5. The van der Waals surface area contributed by atoms with Gasteiger partial charge in [0.2, 0.25) is 0 Å². The van der Waals surface area contributed by atoms with E-state index in [4.69, 9.17) is 4.74 Å². The van der Waals surface area contributed by atoms with Gasteiger partial charge in [0, 0.05) is 19.9 Å². The van der Waals surface area contributed by atoms with E-state index in [0.717, 1.165) is 17.8 Å². The monoisotopic (exact) mass is 232 g/mol. The van der Waals surface area contributed by atoms with Gasteiger partial charge < -0.3 is 4.74 Å². The smallest absolute Gasteiger partial charge is 0.141 e. The maximum absolute atomic E-state index is 5.73. The molecule has 0 fully saturated rings. The summed E-state index contributed by atoms with van der Waals surface area (Å²) in [6.07, 6.45) is 6.68. The minimum Gasteiger partial charge on any atom is -0.366 e. The predicted octanol–water partition coefficient (Wildman–Crippen LogP) is 3.20. The second-order valence-corrected chi connectivity index (χ2v) is 3.55. The highest BCUT2D eigenvalue weighted by Crippen LogP contribution is 2.17. The standard InChI is InChI=1S/C14H20N2O/c1-4-6-9-12(15-3)14(17-5-2)13-10-7-8-11-16-13/h6-11,14H,4-5H2,1-3H3/b9-6-,15-12?. The third-order valence-corrected chi connectivity index (χ3v) is 2.34. The number of hydrogen-bond donors (Lipinski definition) is 0. The van der Waals surface area contributed by atoms with Gasteiger partial charge in [-0.15, -0.1) is 0 Å². The summed E-state index contributed by atoms with van der Waals surface area (Å²) in [5.74, 6) is 0. The van der Waals surface area contributed by atoms with Crippen LogP contribution in [0.1, 0.15) is 32.1 Å². The molecular weight excluding hydrogens is 212 g/mol. The maximum atomic E-state index is 5.73. The number of ether oxygens (including phenoxy) is 1. The van der Waals surface area contributed by atoms with Crippen LogP contribution in [0.25, 0.3) is 0 Å². The average Bonchev–Trinajstić information content (AvgIpc) is 2.39. The first-order valence-electron chi connectivity index (χ1n) is 5.99. The third kappa shape index (κ3) is 4.11. The quantitative estimate of drug-likeness (QED) is 0.706. The minimum absolute atomic E-state index is 0.172. The van der Waals surface area contributed by atoms with Gasteiger partial charge in [0.1, 0.15) is 6.10 Å². The lowest BCUT2D eigenvalue weighted by molar-refractivity contribution is 0.108. The summed E-state index contributed by atoms with van der Waals surface area (Å²) >= 11 is 0. The van der Waals surface area contributed by atoms with Crippen LogP contribution in [0.3, 0.4) is 0 Å². The summed E-state index contributed by atoms with van der Waals surface area (Å²) in [4.78, 5) is 8.62. The molecule has 0 N–H and O–H groups in total. The third-order valence-electron chi connectivity index (χ3n) is 2.34. The van der Waals surface area contributed by atoms with E-state index in [2.05, 4.69) is 23.0 Å². The molecule has 3 heteroatoms. The molecule has 0 aliphatic heterocycles. The highest BCUT2D eigenvalue weighted by Gasteiger charge is 2.16. The molecule has 0 aliphatic carbocycles. The van der Waals surface area contributed by atoms with Crippen LogP contribution in [0.4, 0.5) is 0 Å². The first-order chi connectivity index (χ1) is 8.33. The summed E-state index contributed by atoms with van der Waals surface area (Å²) in [6.45, 7) is 4.72. The molecule has 0 spiro atoms. The first kappa shape index (κ1) is 13.6. The topological polar surface area (TPSA) is 34.5 Å². The largest absolute Gasteiger partial charge is 0.366 e. The summed E-state index contributed by atoms with van der Waals surface area (Å²) in [5.41, 5.74) is 1.81. The Balaban J connectivity index is 2.96. The normalized spacial score (nSPS) is 14.2. The number of rotatable bonds is 6. The Morgan fingerprint density at radius 1 is 1.47 bits per heavy atom. The summed E-state index contributed by atoms with van der Waals surface area (Å²) in [5, 5.41) is 0. The highest BCUT2D eigenvalue weighted by atomic mass is 16.5. The second kappa shape index (κ2) is 7.74. The first-order valence-corrected chi connectivity index (χ1v) is 5.99. The molecule has 3 nitrogen and oxygen atoms in total. The van der Waals surface area contributed by atoms with Crippen LogP contribution >= 0.6 is 0 Å². The van der Waals surface area contributed by atoms with Crippen molar-refractivity contribution in [2.75, 3.05) is 13.7 Å². The van der Waals surface area contributed by atoms with E-state index in [9.17, 15) is 0 Å². The summed E-state index contributed by atoms with van der Waals surface area (Å²) < 4.78 is 5.73. The van der Waals surface area contributed by atoms with Crippen molar-refractivity contribution >= 4 is 5.71 Å². The van der Waals surface area contributed by atoms with Gasteiger partial charge in [0.15, 0.2) is 0 Å². The number of aliphatic imine (C=N–C) groups is 1. The van der Waals surface area contributed by atoms with Crippen LogP contribution in [0.5, 0.6) is 0 Å². The van der Waals surface area contributed by atoms with E-state index >= 15 is 0 Å². The Bertz CT molecular complexity index is 371. The van der Waals surface area contributed by atoms with Crippen LogP contribution in [0.2, 0.25) is 0 Å². The predicted molar refractivity (Wildman–Crippen MR) is 71.4 cm³/mol. The van der Waals surface area contributed by atoms with Gasteiger partial charge in [-0.25, -0.2) is 0 Å². The molecule has 17 heavy (non-hydrogen) atoms. The van der Waals surface area contributed by atoms with Gasteiger partial charge >= 0.3 is 0 Å². The number of pyridine rings is 1. The molecule has 1 rings (SSSR count). The van der Waals surface area contributed by atoms with E-state index in [1.54, 1.807) is 13.2 Å². The van der Waals surface area contributed by atoms with Gasteiger partial charge in [-0.05, 0) is 31.6 Å². The Labute approximate surface area is 103 Å². The number of hydrogen-bond acceptors (Lipinski definition) is 3. The van der Waals surface area contributed by atoms with E-state index in [1.807, 2.05) is 31.2 Å². The molecule has 0 radical (unpaired) electrons. The molecule has 1 heterocycles. The number of nitrogens with zero attached hydrogens (tertiary/aromatic N) is 2. The molecule has 0 aliphatic rings. The van der Waals surface area contributed by atoms with Gasteiger partial charge in [-0.1, -0.05) is 19.1 Å². The zero-order valence-electron chi connectivity index (χ0n) is 10.8. The van der Waals surface area contributed by atoms with Crippen molar-refractivity contribution in [2.24, 2.45) is 4.99 Å². The Morgan fingerprint density at radius 2 is 2.29 bits per heavy atom. The fourth-order valence-electron chi connectivity index (χ4n) is 1.54. The Kier molecular flexibility index (Phi) is 6.18. The van der Waals surface area contributed by atoms with E-state index in [-0.39, 0.29) is 6.10 Å². The molecule has 0 saturated carbocycles. The van der Waals surface area contributed by atoms with Crippen LogP contribution in [0.15, 0.2) is 41.5 Å². The second-order valence-electron chi connectivity index (χ2n) is 3.55. The average molecular weight is 232 g/mol. The van der Waals surface area contributed by atoms with Crippen molar-refractivity contribution < 1.29 is 4.74 Å². The van der Waals surface area contributed by atoms with Gasteiger partial charge in [0.25, 0.3) is 0 Å². The van der Waals surface area contributed by atoms with E-state index < -0.39 is 0 Å². The maximum Gasteiger partial charge on any atom is 0.141 e. The molecule has 1 atom stereocenters. The molecule has 0 amide bonds. The molecule has 1 aromatic rings. The van der Waals surface area contributed by atoms with Crippen LogP contribution in [-0.2, 0) is 4.74 Å². The molecule has 0 bridgehead atoms. The van der Waals surface area contributed by atoms with Crippen LogP contribution in [0, 0.1) is 0 Å². The van der Waals surface area contributed by atoms with Crippen molar-refractivity contribution in [2.45, 2.75) is 26.4 Å². The SMILES string of the molecule is CC/C=C\C(=NC)C(OCC)c1ccccn1. The highest BCUT2D eigenvalue weighted by molar-refractivity contribution is 5.98. The van der Waals surface area contributed by atoms with Crippen molar-refractivity contribution in [3.8, 4) is 0 Å². The zero-order valence-corrected chi connectivity index (χ0v) is 10.8. The van der Waals surface area contributed by atoms with Gasteiger partial charge in [0.05, 0.1) is 11.4 Å². The number of aromatic nitrogens is 1. The van der Waals surface area contributed by atoms with E-state index in [1.165, 1.54) is 0 Å². The summed E-state index contributed by atoms with van der Waals surface area (Å²) in [7, 11) is 1.78.